The van der Waals surface area contributed by atoms with Crippen LogP contribution in [0.25, 0.3) is 0 Å². The van der Waals surface area contributed by atoms with Crippen molar-refractivity contribution in [1.82, 2.24) is 0 Å². The summed E-state index contributed by atoms with van der Waals surface area (Å²) in [6.07, 6.45) is 1.50. The van der Waals surface area contributed by atoms with Gasteiger partial charge in [0.05, 0.1) is 0 Å². The summed E-state index contributed by atoms with van der Waals surface area (Å²) in [4.78, 5) is 71.9. The molecule has 0 aromatic carbocycles. The van der Waals surface area contributed by atoms with Crippen LogP contribution in [-0.4, -0.2) is 37.6 Å². The van der Waals surface area contributed by atoms with Crippen molar-refractivity contribution in [2.75, 3.05) is 0 Å². The Morgan fingerprint density at radius 3 is 0.778 bits per heavy atom. The maximum Gasteiger partial charge on any atom is 0 e. The monoisotopic (exact) mass is 394 g/mol. The molecule has 0 aromatic rings. The topological polar surface area (TPSA) is 119 Å². The predicted octanol–water partition coefficient (Wildman–Crippen LogP) is -1.54. The van der Waals surface area contributed by atoms with Crippen molar-refractivity contribution in [3.8, 4) is 0 Å². The van der Waals surface area contributed by atoms with E-state index in [-0.39, 0.29) is 33.6 Å². The molecule has 0 saturated carbocycles. The summed E-state index contributed by atoms with van der Waals surface area (Å²) in [5.74, 6) is 0. The minimum Gasteiger partial charge on any atom is 0 e. The fourth-order valence-electron chi connectivity index (χ4n) is 0.278. The van der Waals surface area contributed by atoms with Crippen LogP contribution < -0.4 is 0 Å². The van der Waals surface area contributed by atoms with E-state index in [0.717, 1.165) is 0 Å². The van der Waals surface area contributed by atoms with E-state index < -0.39 is 41.9 Å². The van der Waals surface area contributed by atoms with Gasteiger partial charge in [0.25, 0.3) is 0 Å². The van der Waals surface area contributed by atoms with Crippen LogP contribution in [0, 0.1) is 0 Å². The van der Waals surface area contributed by atoms with Gasteiger partial charge in [-0.05, 0) is 0 Å². The molecule has 0 N–H and O–H groups in total. The van der Waals surface area contributed by atoms with E-state index in [2.05, 4.69) is 0 Å². The Morgan fingerprint density at radius 2 is 0.778 bits per heavy atom. The first-order valence-electron chi connectivity index (χ1n) is 3.27. The first-order chi connectivity index (χ1) is 7.39. The molecule has 0 aliphatic rings. The Hall–Kier alpha value is -0.791. The van der Waals surface area contributed by atoms with Gasteiger partial charge in [-0.3, -0.25) is 4.79 Å². The Bertz CT molecular complexity index is 280. The molecule has 0 bridgehead atoms. The van der Waals surface area contributed by atoms with Gasteiger partial charge in [0.15, 0.2) is 6.29 Å². The fraction of sp³-hybridized carbons (Fsp3) is 0.125. The molecule has 0 heterocycles. The normalized spacial score (nSPS) is 12.1. The van der Waals surface area contributed by atoms with E-state index in [1.165, 1.54) is 13.2 Å². The first-order valence-corrected chi connectivity index (χ1v) is 6.88. The molecule has 0 atom stereocenters. The molecule has 0 spiro atoms. The summed E-state index contributed by atoms with van der Waals surface area (Å²) in [6.45, 7) is 1.32. The van der Waals surface area contributed by atoms with Crippen LogP contribution >= 0.6 is 0 Å². The van der Waals surface area contributed by atoms with E-state index in [1.807, 2.05) is 0 Å². The van der Waals surface area contributed by atoms with Crippen molar-refractivity contribution in [3.63, 3.8) is 0 Å². The average Bonchev–Trinajstić information content (AvgIpc) is 2.37. The van der Waals surface area contributed by atoms with Gasteiger partial charge in [-0.25, -0.2) is 0 Å². The van der Waals surface area contributed by atoms with Crippen LogP contribution in [0.3, 0.4) is 0 Å². The van der Waals surface area contributed by atoms with Crippen molar-refractivity contribution < 1.29 is 77.7 Å². The molecule has 0 aliphatic carbocycles. The zero-order chi connectivity index (χ0) is 13.4. The predicted molar refractivity (Wildman–Crippen MR) is 51.9 cm³/mol. The van der Waals surface area contributed by atoms with E-state index >= 15 is 0 Å². The van der Waals surface area contributed by atoms with Gasteiger partial charge >= 0.3 is 70.6 Å². The Labute approximate surface area is 122 Å². The van der Waals surface area contributed by atoms with Gasteiger partial charge in [-0.2, -0.15) is 0 Å². The summed E-state index contributed by atoms with van der Waals surface area (Å²) in [7, 11) is -5.95. The molecular formula is C8H9Co3O7. The molecular weight excluding hydrogens is 385 g/mol. The second kappa shape index (κ2) is 8.34. The molecule has 0 amide bonds. The third-order valence-corrected chi connectivity index (χ3v) is 5.61. The number of rotatable bonds is 6. The van der Waals surface area contributed by atoms with Crippen LogP contribution in [-0.2, 0) is 77.7 Å². The van der Waals surface area contributed by atoms with Gasteiger partial charge in [0, 0.05) is 40.5 Å². The van der Waals surface area contributed by atoms with Gasteiger partial charge in [0.2, 0.25) is 0 Å². The van der Waals surface area contributed by atoms with Gasteiger partial charge in [0.1, 0.15) is 0 Å². The third-order valence-electron chi connectivity index (χ3n) is 1.36. The standard InChI is InChI=1S/C2H3O.6CHO.3Co/c1-2-3;6*1-2;;;/h1H3;6*1H;;;. The minimum absolute atomic E-state index is 0. The largest absolute Gasteiger partial charge is 0 e. The molecule has 0 aliphatic heterocycles. The first kappa shape index (κ1) is 25.9. The van der Waals surface area contributed by atoms with Crippen LogP contribution in [0.5, 0.6) is 0 Å². The summed E-state index contributed by atoms with van der Waals surface area (Å²) in [6, 6.07) is 0. The molecule has 0 unspecified atom stereocenters. The van der Waals surface area contributed by atoms with Crippen LogP contribution in [0.2, 0.25) is 0 Å². The Balaban J connectivity index is -0.000000177. The molecule has 10 heteroatoms. The maximum atomic E-state index is 10.5. The van der Waals surface area contributed by atoms with E-state index in [9.17, 15) is 28.8 Å². The summed E-state index contributed by atoms with van der Waals surface area (Å²) in [5.41, 5.74) is 0. The molecule has 0 fully saturated rings. The quantitative estimate of drug-likeness (QED) is 0.501. The molecule has 0 saturated heterocycles. The fourth-order valence-corrected chi connectivity index (χ4v) is 1.15. The second-order valence-corrected chi connectivity index (χ2v) is 9.02. The molecule has 3 radical (unpaired) electrons. The van der Waals surface area contributed by atoms with Crippen molar-refractivity contribution in [1.29, 1.82) is 0 Å². The van der Waals surface area contributed by atoms with E-state index in [0.29, 0.717) is 0 Å². The van der Waals surface area contributed by atoms with Gasteiger partial charge in [-0.15, -0.1) is 0 Å². The minimum atomic E-state index is -5.95. The van der Waals surface area contributed by atoms with Crippen molar-refractivity contribution in [2.24, 2.45) is 0 Å². The maximum absolute atomic E-state index is 10.5. The second-order valence-electron chi connectivity index (χ2n) is 2.34. The molecule has 0 rings (SSSR count). The van der Waals surface area contributed by atoms with Gasteiger partial charge in [-0.1, -0.05) is 0 Å². The van der Waals surface area contributed by atoms with Crippen LogP contribution in [0.4, 0.5) is 0 Å². The van der Waals surface area contributed by atoms with E-state index in [4.69, 9.17) is 4.79 Å². The number of carbonyl (C=O) groups is 6. The Kier molecular flexibility index (Phi) is 12.0. The zero-order valence-corrected chi connectivity index (χ0v) is 11.9. The zero-order valence-electron chi connectivity index (χ0n) is 8.82. The van der Waals surface area contributed by atoms with Crippen LogP contribution in [0.1, 0.15) is 6.92 Å². The smallest absolute Gasteiger partial charge is 0 e. The van der Waals surface area contributed by atoms with Crippen molar-refractivity contribution >= 4 is 37.6 Å². The third kappa shape index (κ3) is 3.60. The summed E-state index contributed by atoms with van der Waals surface area (Å²) >= 11 is 0. The van der Waals surface area contributed by atoms with Gasteiger partial charge < -0.3 is 0 Å². The van der Waals surface area contributed by atoms with Crippen LogP contribution in [0.15, 0.2) is 0 Å². The van der Waals surface area contributed by atoms with Crippen molar-refractivity contribution in [2.45, 2.75) is 6.92 Å². The summed E-state index contributed by atoms with van der Waals surface area (Å²) < 4.78 is 0. The number of hydrogen-bond acceptors (Lipinski definition) is 7. The molecule has 7 nitrogen and oxygen atoms in total. The van der Waals surface area contributed by atoms with E-state index in [1.54, 1.807) is 0 Å². The van der Waals surface area contributed by atoms with Crippen molar-refractivity contribution in [3.05, 3.63) is 0 Å². The summed E-state index contributed by atoms with van der Waals surface area (Å²) in [5, 5.41) is -2.69. The molecule has 110 valence electrons. The molecule has 18 heavy (non-hydrogen) atoms. The Morgan fingerprint density at radius 1 is 0.667 bits per heavy atom. The average molecular weight is 394 g/mol. The molecule has 0 aromatic heterocycles. The number of hydrogen-bond donors (Lipinski definition) is 0. The SMILES string of the molecule is C[C]=O.O=[CH][Co]([CH]=O)([CH]=O)([CH]=O)([CH]=O)[CH]=O.[Co].[Co]. The number of carbonyl (C=O) groups excluding carboxylic acids is 7.